The predicted octanol–water partition coefficient (Wildman–Crippen LogP) is 3.75. The quantitative estimate of drug-likeness (QED) is 0.839. The number of nitrogens with two attached hydrogens (primary N) is 1. The molecule has 0 aliphatic heterocycles. The van der Waals surface area contributed by atoms with Crippen molar-refractivity contribution in [1.82, 2.24) is 0 Å². The van der Waals surface area contributed by atoms with Crippen LogP contribution in [-0.4, -0.2) is 6.04 Å². The van der Waals surface area contributed by atoms with Crippen molar-refractivity contribution in [2.24, 2.45) is 11.7 Å². The molecule has 0 aromatic heterocycles. The van der Waals surface area contributed by atoms with Crippen molar-refractivity contribution < 1.29 is 0 Å². The molecule has 2 rings (SSSR count). The summed E-state index contributed by atoms with van der Waals surface area (Å²) in [6.45, 7) is 4.33. The standard InChI is InChI=1S/C16H25N/c1-12-7-13(2)9-15(8-12)11-16(17)10-14-5-3-4-6-14/h7-9,14,16H,3-6,10-11,17H2,1-2H3. The molecule has 1 saturated carbocycles. The Morgan fingerprint density at radius 2 is 1.71 bits per heavy atom. The van der Waals surface area contributed by atoms with Gasteiger partial charge < -0.3 is 5.73 Å². The third kappa shape index (κ3) is 3.85. The lowest BCUT2D eigenvalue weighted by molar-refractivity contribution is 0.440. The van der Waals surface area contributed by atoms with Gasteiger partial charge in [-0.25, -0.2) is 0 Å². The fourth-order valence-corrected chi connectivity index (χ4v) is 3.25. The van der Waals surface area contributed by atoms with E-state index in [9.17, 15) is 0 Å². The van der Waals surface area contributed by atoms with Gasteiger partial charge in [-0.1, -0.05) is 55.0 Å². The topological polar surface area (TPSA) is 26.0 Å². The Kier molecular flexibility index (Phi) is 4.22. The lowest BCUT2D eigenvalue weighted by atomic mass is 9.93. The first-order chi connectivity index (χ1) is 8.13. The summed E-state index contributed by atoms with van der Waals surface area (Å²) in [6.07, 6.45) is 7.90. The number of rotatable bonds is 4. The highest BCUT2D eigenvalue weighted by Crippen LogP contribution is 2.28. The van der Waals surface area contributed by atoms with Crippen LogP contribution in [0.1, 0.15) is 48.8 Å². The molecule has 0 saturated heterocycles. The van der Waals surface area contributed by atoms with Gasteiger partial charge in [-0.2, -0.15) is 0 Å². The summed E-state index contributed by atoms with van der Waals surface area (Å²) in [6, 6.07) is 7.13. The first-order valence-electron chi connectivity index (χ1n) is 6.96. The minimum atomic E-state index is 0.347. The van der Waals surface area contributed by atoms with Crippen molar-refractivity contribution in [3.8, 4) is 0 Å². The third-order valence-electron chi connectivity index (χ3n) is 3.89. The van der Waals surface area contributed by atoms with Crippen LogP contribution in [0.5, 0.6) is 0 Å². The minimum absolute atomic E-state index is 0.347. The Hall–Kier alpha value is -0.820. The maximum absolute atomic E-state index is 6.29. The summed E-state index contributed by atoms with van der Waals surface area (Å²) in [4.78, 5) is 0. The molecule has 1 aliphatic rings. The number of aryl methyl sites for hydroxylation is 2. The summed E-state index contributed by atoms with van der Waals surface area (Å²) in [5.41, 5.74) is 10.4. The second-order valence-corrected chi connectivity index (χ2v) is 5.85. The molecule has 1 fully saturated rings. The molecule has 0 spiro atoms. The van der Waals surface area contributed by atoms with Gasteiger partial charge in [0.05, 0.1) is 0 Å². The fourth-order valence-electron chi connectivity index (χ4n) is 3.25. The largest absolute Gasteiger partial charge is 0.327 e. The molecule has 17 heavy (non-hydrogen) atoms. The smallest absolute Gasteiger partial charge is 0.00819 e. The summed E-state index contributed by atoms with van der Waals surface area (Å²) in [7, 11) is 0. The SMILES string of the molecule is Cc1cc(C)cc(CC(N)CC2CCCC2)c1. The van der Waals surface area contributed by atoms with Crippen molar-refractivity contribution in [1.29, 1.82) is 0 Å². The van der Waals surface area contributed by atoms with Gasteiger partial charge in [0.1, 0.15) is 0 Å². The van der Waals surface area contributed by atoms with Crippen molar-refractivity contribution >= 4 is 0 Å². The van der Waals surface area contributed by atoms with Gasteiger partial charge in [0.25, 0.3) is 0 Å². The van der Waals surface area contributed by atoms with E-state index in [1.807, 2.05) is 0 Å². The van der Waals surface area contributed by atoms with Crippen molar-refractivity contribution in [2.75, 3.05) is 0 Å². The molecular formula is C16H25N. The molecule has 1 unspecified atom stereocenters. The summed E-state index contributed by atoms with van der Waals surface area (Å²) < 4.78 is 0. The molecule has 1 heteroatoms. The van der Waals surface area contributed by atoms with Crippen molar-refractivity contribution in [3.05, 3.63) is 34.9 Å². The molecule has 0 heterocycles. The zero-order valence-corrected chi connectivity index (χ0v) is 11.2. The molecule has 2 N–H and O–H groups in total. The van der Waals surface area contributed by atoms with Gasteiger partial charge in [-0.3, -0.25) is 0 Å². The lowest BCUT2D eigenvalue weighted by Gasteiger charge is -2.17. The second-order valence-electron chi connectivity index (χ2n) is 5.85. The Balaban J connectivity index is 1.90. The van der Waals surface area contributed by atoms with Crippen LogP contribution in [0.3, 0.4) is 0 Å². The molecule has 1 atom stereocenters. The van der Waals surface area contributed by atoms with E-state index in [4.69, 9.17) is 5.73 Å². The van der Waals surface area contributed by atoms with E-state index in [-0.39, 0.29) is 0 Å². The molecule has 1 aromatic carbocycles. The number of hydrogen-bond acceptors (Lipinski definition) is 1. The summed E-state index contributed by atoms with van der Waals surface area (Å²) in [5, 5.41) is 0. The van der Waals surface area contributed by atoms with E-state index in [0.717, 1.165) is 12.3 Å². The van der Waals surface area contributed by atoms with Crippen molar-refractivity contribution in [2.45, 2.75) is 58.4 Å². The highest BCUT2D eigenvalue weighted by atomic mass is 14.6. The Labute approximate surface area is 105 Å². The van der Waals surface area contributed by atoms with Gasteiger partial charge in [0.15, 0.2) is 0 Å². The van der Waals surface area contributed by atoms with Gasteiger partial charge in [0, 0.05) is 6.04 Å². The maximum Gasteiger partial charge on any atom is 0.00819 e. The van der Waals surface area contributed by atoms with Crippen LogP contribution < -0.4 is 5.73 Å². The van der Waals surface area contributed by atoms with Crippen LogP contribution >= 0.6 is 0 Å². The normalized spacial score (nSPS) is 18.5. The van der Waals surface area contributed by atoms with Gasteiger partial charge >= 0.3 is 0 Å². The van der Waals surface area contributed by atoms with Gasteiger partial charge in [-0.05, 0) is 38.2 Å². The fraction of sp³-hybridized carbons (Fsp3) is 0.625. The third-order valence-corrected chi connectivity index (χ3v) is 3.89. The molecule has 1 aliphatic carbocycles. The number of hydrogen-bond donors (Lipinski definition) is 1. The summed E-state index contributed by atoms with van der Waals surface area (Å²) in [5.74, 6) is 0.899. The molecule has 0 amide bonds. The second kappa shape index (κ2) is 5.68. The molecular weight excluding hydrogens is 206 g/mol. The average molecular weight is 231 g/mol. The van der Waals surface area contributed by atoms with E-state index in [1.54, 1.807) is 0 Å². The predicted molar refractivity (Wildman–Crippen MR) is 74.2 cm³/mol. The van der Waals surface area contributed by atoms with Gasteiger partial charge in [-0.15, -0.1) is 0 Å². The molecule has 94 valence electrons. The average Bonchev–Trinajstić information content (AvgIpc) is 2.67. The molecule has 1 aromatic rings. The van der Waals surface area contributed by atoms with E-state index in [1.165, 1.54) is 48.8 Å². The van der Waals surface area contributed by atoms with Crippen LogP contribution in [0.15, 0.2) is 18.2 Å². The van der Waals surface area contributed by atoms with Crippen LogP contribution in [0.2, 0.25) is 0 Å². The van der Waals surface area contributed by atoms with E-state index in [0.29, 0.717) is 6.04 Å². The minimum Gasteiger partial charge on any atom is -0.327 e. The van der Waals surface area contributed by atoms with E-state index >= 15 is 0 Å². The Morgan fingerprint density at radius 1 is 1.12 bits per heavy atom. The zero-order valence-electron chi connectivity index (χ0n) is 11.2. The maximum atomic E-state index is 6.29. The van der Waals surface area contributed by atoms with Crippen LogP contribution in [0, 0.1) is 19.8 Å². The summed E-state index contributed by atoms with van der Waals surface area (Å²) >= 11 is 0. The first kappa shape index (κ1) is 12.6. The monoisotopic (exact) mass is 231 g/mol. The highest BCUT2D eigenvalue weighted by molar-refractivity contribution is 5.29. The molecule has 0 bridgehead atoms. The first-order valence-corrected chi connectivity index (χ1v) is 6.96. The van der Waals surface area contributed by atoms with Crippen LogP contribution in [0.25, 0.3) is 0 Å². The highest BCUT2D eigenvalue weighted by Gasteiger charge is 2.18. The number of benzene rings is 1. The van der Waals surface area contributed by atoms with Crippen molar-refractivity contribution in [3.63, 3.8) is 0 Å². The molecule has 0 radical (unpaired) electrons. The van der Waals surface area contributed by atoms with E-state index in [2.05, 4.69) is 32.0 Å². The molecule has 1 nitrogen and oxygen atoms in total. The van der Waals surface area contributed by atoms with Crippen LogP contribution in [-0.2, 0) is 6.42 Å². The Morgan fingerprint density at radius 3 is 2.29 bits per heavy atom. The van der Waals surface area contributed by atoms with Gasteiger partial charge in [0.2, 0.25) is 0 Å². The lowest BCUT2D eigenvalue weighted by Crippen LogP contribution is -2.25. The van der Waals surface area contributed by atoms with Crippen LogP contribution in [0.4, 0.5) is 0 Å². The van der Waals surface area contributed by atoms with E-state index < -0.39 is 0 Å². The zero-order chi connectivity index (χ0) is 12.3. The Bertz CT molecular complexity index is 344.